The highest BCUT2D eigenvalue weighted by atomic mass is 35.5. The first-order chi connectivity index (χ1) is 10.1. The van der Waals surface area contributed by atoms with Crippen molar-refractivity contribution in [1.82, 2.24) is 4.90 Å². The lowest BCUT2D eigenvalue weighted by atomic mass is 10.0. The van der Waals surface area contributed by atoms with Gasteiger partial charge in [-0.1, -0.05) is 53.5 Å². The number of nitrogens with zero attached hydrogens (tertiary/aromatic N) is 1. The molecule has 5 heteroatoms. The molecule has 0 aromatic heterocycles. The summed E-state index contributed by atoms with van der Waals surface area (Å²) < 4.78 is 0. The van der Waals surface area contributed by atoms with E-state index in [2.05, 4.69) is 34.5 Å². The van der Waals surface area contributed by atoms with Crippen molar-refractivity contribution >= 4 is 46.2 Å². The van der Waals surface area contributed by atoms with Gasteiger partial charge < -0.3 is 10.2 Å². The van der Waals surface area contributed by atoms with Crippen molar-refractivity contribution in [2.24, 2.45) is 0 Å². The minimum absolute atomic E-state index is 0.499. The molecule has 2 nitrogen and oxygen atoms in total. The van der Waals surface area contributed by atoms with E-state index in [-0.39, 0.29) is 0 Å². The summed E-state index contributed by atoms with van der Waals surface area (Å²) in [5.41, 5.74) is 3.47. The van der Waals surface area contributed by atoms with E-state index in [9.17, 15) is 0 Å². The molecule has 3 rings (SSSR count). The van der Waals surface area contributed by atoms with Crippen LogP contribution in [0.4, 0.5) is 5.69 Å². The van der Waals surface area contributed by atoms with Crippen molar-refractivity contribution in [3.63, 3.8) is 0 Å². The summed E-state index contributed by atoms with van der Waals surface area (Å²) in [5, 5.41) is 4.89. The maximum Gasteiger partial charge on any atom is 0.173 e. The fourth-order valence-corrected chi connectivity index (χ4v) is 3.08. The third-order valence-electron chi connectivity index (χ3n) is 3.61. The summed E-state index contributed by atoms with van der Waals surface area (Å²) in [6, 6.07) is 14.0. The van der Waals surface area contributed by atoms with Crippen LogP contribution in [0.15, 0.2) is 42.5 Å². The Morgan fingerprint density at radius 2 is 1.81 bits per heavy atom. The Balaban J connectivity index is 1.74. The molecule has 0 spiro atoms. The van der Waals surface area contributed by atoms with Crippen LogP contribution < -0.4 is 5.32 Å². The van der Waals surface area contributed by atoms with Crippen molar-refractivity contribution in [3.05, 3.63) is 63.6 Å². The second kappa shape index (κ2) is 6.22. The van der Waals surface area contributed by atoms with Crippen LogP contribution in [0.3, 0.4) is 0 Å². The van der Waals surface area contributed by atoms with Crippen LogP contribution in [0.1, 0.15) is 11.1 Å². The van der Waals surface area contributed by atoms with Crippen LogP contribution in [0.5, 0.6) is 0 Å². The summed E-state index contributed by atoms with van der Waals surface area (Å²) >= 11 is 17.7. The van der Waals surface area contributed by atoms with Crippen molar-refractivity contribution in [2.75, 3.05) is 11.9 Å². The SMILES string of the molecule is S=C(Nc1cccc(Cl)c1Cl)N1CCc2ccccc2C1. The molecule has 108 valence electrons. The monoisotopic (exact) mass is 336 g/mol. The van der Waals surface area contributed by atoms with Gasteiger partial charge in [0, 0.05) is 13.1 Å². The van der Waals surface area contributed by atoms with Gasteiger partial charge in [-0.15, -0.1) is 0 Å². The van der Waals surface area contributed by atoms with E-state index in [0.29, 0.717) is 15.2 Å². The lowest BCUT2D eigenvalue weighted by Crippen LogP contribution is -2.38. The minimum Gasteiger partial charge on any atom is -0.344 e. The molecule has 0 saturated carbocycles. The van der Waals surface area contributed by atoms with E-state index < -0.39 is 0 Å². The highest BCUT2D eigenvalue weighted by molar-refractivity contribution is 7.80. The van der Waals surface area contributed by atoms with Gasteiger partial charge in [-0.05, 0) is 41.9 Å². The van der Waals surface area contributed by atoms with E-state index in [1.54, 1.807) is 6.07 Å². The van der Waals surface area contributed by atoms with Gasteiger partial charge in [-0.3, -0.25) is 0 Å². The standard InChI is InChI=1S/C16H14Cl2N2S/c17-13-6-3-7-14(15(13)18)19-16(21)20-9-8-11-4-1-2-5-12(11)10-20/h1-7H,8-10H2,(H,19,21). The Labute approximate surface area is 139 Å². The molecule has 0 fully saturated rings. The largest absolute Gasteiger partial charge is 0.344 e. The van der Waals surface area contributed by atoms with Crippen molar-refractivity contribution in [1.29, 1.82) is 0 Å². The second-order valence-electron chi connectivity index (χ2n) is 4.97. The van der Waals surface area contributed by atoms with Gasteiger partial charge in [0.25, 0.3) is 0 Å². The highest BCUT2D eigenvalue weighted by Crippen LogP contribution is 2.30. The quantitative estimate of drug-likeness (QED) is 0.756. The molecular weight excluding hydrogens is 323 g/mol. The zero-order chi connectivity index (χ0) is 14.8. The zero-order valence-electron chi connectivity index (χ0n) is 11.3. The molecule has 21 heavy (non-hydrogen) atoms. The van der Waals surface area contributed by atoms with Crippen molar-refractivity contribution in [2.45, 2.75) is 13.0 Å². The fraction of sp³-hybridized carbons (Fsp3) is 0.188. The normalized spacial score (nSPS) is 13.7. The maximum atomic E-state index is 6.18. The third-order valence-corrected chi connectivity index (χ3v) is 4.79. The number of thiocarbonyl (C=S) groups is 1. The number of hydrogen-bond acceptors (Lipinski definition) is 1. The van der Waals surface area contributed by atoms with E-state index in [4.69, 9.17) is 35.4 Å². The van der Waals surface area contributed by atoms with E-state index >= 15 is 0 Å². The van der Waals surface area contributed by atoms with E-state index in [1.807, 2.05) is 12.1 Å². The van der Waals surface area contributed by atoms with Crippen molar-refractivity contribution < 1.29 is 0 Å². The first-order valence-corrected chi connectivity index (χ1v) is 7.88. The molecule has 0 atom stereocenters. The minimum atomic E-state index is 0.499. The number of fused-ring (bicyclic) bond motifs is 1. The van der Waals surface area contributed by atoms with Gasteiger partial charge in [-0.25, -0.2) is 0 Å². The molecule has 2 aromatic rings. The number of halogens is 2. The lowest BCUT2D eigenvalue weighted by molar-refractivity contribution is 0.399. The predicted molar refractivity (Wildman–Crippen MR) is 93.2 cm³/mol. The van der Waals surface area contributed by atoms with Gasteiger partial charge >= 0.3 is 0 Å². The molecular formula is C16H14Cl2N2S. The molecule has 0 bridgehead atoms. The van der Waals surface area contributed by atoms with Gasteiger partial charge in [0.05, 0.1) is 15.7 Å². The first kappa shape index (κ1) is 14.6. The van der Waals surface area contributed by atoms with E-state index in [0.717, 1.165) is 25.2 Å². The Hall–Kier alpha value is -1.29. The number of benzene rings is 2. The predicted octanol–water partition coefficient (Wildman–Crippen LogP) is 4.75. The number of anilines is 1. The number of hydrogen-bond donors (Lipinski definition) is 1. The Bertz CT molecular complexity index is 688. The fourth-order valence-electron chi connectivity index (χ4n) is 2.46. The number of nitrogens with one attached hydrogen (secondary N) is 1. The van der Waals surface area contributed by atoms with Gasteiger partial charge in [0.15, 0.2) is 5.11 Å². The molecule has 0 radical (unpaired) electrons. The number of rotatable bonds is 1. The molecule has 1 aliphatic heterocycles. The Morgan fingerprint density at radius 1 is 1.05 bits per heavy atom. The second-order valence-corrected chi connectivity index (χ2v) is 6.14. The molecule has 1 heterocycles. The van der Waals surface area contributed by atoms with Gasteiger partial charge in [-0.2, -0.15) is 0 Å². The summed E-state index contributed by atoms with van der Waals surface area (Å²) in [4.78, 5) is 2.15. The topological polar surface area (TPSA) is 15.3 Å². The van der Waals surface area contributed by atoms with Gasteiger partial charge in [0.1, 0.15) is 0 Å². The molecule has 0 aliphatic carbocycles. The average Bonchev–Trinajstić information content (AvgIpc) is 2.51. The Morgan fingerprint density at radius 3 is 2.62 bits per heavy atom. The first-order valence-electron chi connectivity index (χ1n) is 6.72. The third kappa shape index (κ3) is 3.15. The summed E-state index contributed by atoms with van der Waals surface area (Å²) in [6.45, 7) is 1.72. The van der Waals surface area contributed by atoms with Crippen LogP contribution in [-0.2, 0) is 13.0 Å². The van der Waals surface area contributed by atoms with E-state index in [1.165, 1.54) is 11.1 Å². The summed E-state index contributed by atoms with van der Waals surface area (Å²) in [5.74, 6) is 0. The molecule has 2 aromatic carbocycles. The Kier molecular flexibility index (Phi) is 4.34. The molecule has 0 amide bonds. The average molecular weight is 337 g/mol. The van der Waals surface area contributed by atoms with Gasteiger partial charge in [0.2, 0.25) is 0 Å². The summed E-state index contributed by atoms with van der Waals surface area (Å²) in [7, 11) is 0. The smallest absolute Gasteiger partial charge is 0.173 e. The zero-order valence-corrected chi connectivity index (χ0v) is 13.6. The lowest BCUT2D eigenvalue weighted by Gasteiger charge is -2.31. The van der Waals surface area contributed by atoms with Crippen molar-refractivity contribution in [3.8, 4) is 0 Å². The summed E-state index contributed by atoms with van der Waals surface area (Å²) in [6.07, 6.45) is 1.00. The van der Waals surface area contributed by atoms with Crippen LogP contribution >= 0.6 is 35.4 Å². The van der Waals surface area contributed by atoms with Crippen LogP contribution in [0.25, 0.3) is 0 Å². The molecule has 1 N–H and O–H groups in total. The molecule has 1 aliphatic rings. The molecule has 0 saturated heterocycles. The van der Waals surface area contributed by atoms with Crippen LogP contribution in [0.2, 0.25) is 10.0 Å². The molecule has 0 unspecified atom stereocenters. The van der Waals surface area contributed by atoms with Crippen LogP contribution in [-0.4, -0.2) is 16.6 Å². The highest BCUT2D eigenvalue weighted by Gasteiger charge is 2.18. The van der Waals surface area contributed by atoms with Crippen LogP contribution in [0, 0.1) is 0 Å². The maximum absolute atomic E-state index is 6.18.